The molecular formula is C25H20N4. The molecule has 0 aliphatic heterocycles. The van der Waals surface area contributed by atoms with Crippen molar-refractivity contribution in [3.8, 4) is 22.3 Å². The van der Waals surface area contributed by atoms with Crippen LogP contribution in [0.2, 0.25) is 0 Å². The lowest BCUT2D eigenvalue weighted by Crippen LogP contribution is -2.32. The van der Waals surface area contributed by atoms with E-state index >= 15 is 0 Å². The minimum Gasteiger partial charge on any atom is -0.298 e. The van der Waals surface area contributed by atoms with Crippen LogP contribution >= 0.6 is 0 Å². The van der Waals surface area contributed by atoms with Crippen LogP contribution in [0.4, 0.5) is 0 Å². The second-order valence-corrected chi connectivity index (χ2v) is 7.91. The molecule has 0 atom stereocenters. The van der Waals surface area contributed by atoms with E-state index in [0.717, 1.165) is 33.4 Å². The molecule has 0 fully saturated rings. The summed E-state index contributed by atoms with van der Waals surface area (Å²) in [4.78, 5) is 0. The van der Waals surface area contributed by atoms with Gasteiger partial charge in [-0.3, -0.25) is 21.6 Å². The average molecular weight is 376 g/mol. The summed E-state index contributed by atoms with van der Waals surface area (Å²) < 4.78 is 0. The zero-order valence-electron chi connectivity index (χ0n) is 16.5. The minimum atomic E-state index is 0.177. The smallest absolute Gasteiger partial charge is 0.0880 e. The van der Waals surface area contributed by atoms with E-state index in [1.165, 1.54) is 5.56 Å². The normalized spacial score (nSPS) is 11.8. The van der Waals surface area contributed by atoms with Crippen LogP contribution in [0.5, 0.6) is 0 Å². The molecule has 4 N–H and O–H groups in total. The maximum absolute atomic E-state index is 8.84. The summed E-state index contributed by atoms with van der Waals surface area (Å²) in [6.45, 7) is 6.24. The molecule has 0 aromatic heterocycles. The Balaban J connectivity index is 2.15. The third kappa shape index (κ3) is 2.14. The summed E-state index contributed by atoms with van der Waals surface area (Å²) in [5.74, 6) is 0. The van der Waals surface area contributed by atoms with Gasteiger partial charge in [-0.05, 0) is 43.0 Å². The van der Waals surface area contributed by atoms with Gasteiger partial charge in [0.2, 0.25) is 0 Å². The molecule has 3 aromatic rings. The van der Waals surface area contributed by atoms with E-state index < -0.39 is 0 Å². The van der Waals surface area contributed by atoms with E-state index in [2.05, 4.69) is 32.9 Å². The molecule has 0 bridgehead atoms. The van der Waals surface area contributed by atoms with Gasteiger partial charge in [0.15, 0.2) is 0 Å². The van der Waals surface area contributed by atoms with Gasteiger partial charge in [-0.25, -0.2) is 0 Å². The van der Waals surface area contributed by atoms with Crippen molar-refractivity contribution in [3.63, 3.8) is 0 Å². The lowest BCUT2D eigenvalue weighted by atomic mass is 9.82. The first-order valence-electron chi connectivity index (χ1n) is 9.56. The van der Waals surface area contributed by atoms with Gasteiger partial charge >= 0.3 is 0 Å². The molecule has 0 radical (unpaired) electrons. The first kappa shape index (κ1) is 17.4. The quantitative estimate of drug-likeness (QED) is 0.319. The zero-order chi connectivity index (χ0) is 20.6. The van der Waals surface area contributed by atoms with Gasteiger partial charge in [0.05, 0.1) is 21.4 Å². The van der Waals surface area contributed by atoms with Crippen molar-refractivity contribution < 1.29 is 0 Å². The predicted octanol–water partition coefficient (Wildman–Crippen LogP) is 3.92. The van der Waals surface area contributed by atoms with E-state index in [9.17, 15) is 0 Å². The molecule has 2 aliphatic carbocycles. The largest absolute Gasteiger partial charge is 0.298 e. The van der Waals surface area contributed by atoms with Gasteiger partial charge in [0, 0.05) is 32.7 Å². The SMILES string of the molecule is Cc1cc(C)c(-c2ccc3c4c2c(=N)c(=N)c2cccc(c2-4)c(=N)c3=N)c(C)c1. The highest BCUT2D eigenvalue weighted by molar-refractivity contribution is 6.14. The van der Waals surface area contributed by atoms with Crippen LogP contribution in [0.3, 0.4) is 0 Å². The molecule has 2 aliphatic rings. The molecule has 4 nitrogen and oxygen atoms in total. The second-order valence-electron chi connectivity index (χ2n) is 7.91. The monoisotopic (exact) mass is 376 g/mol. The molecule has 0 saturated heterocycles. The molecule has 5 rings (SSSR count). The fourth-order valence-corrected chi connectivity index (χ4v) is 4.91. The van der Waals surface area contributed by atoms with Gasteiger partial charge in [-0.15, -0.1) is 0 Å². The number of rotatable bonds is 1. The van der Waals surface area contributed by atoms with Crippen molar-refractivity contribution in [2.75, 3.05) is 0 Å². The summed E-state index contributed by atoms with van der Waals surface area (Å²) in [7, 11) is 0. The molecule has 0 heterocycles. The highest BCUT2D eigenvalue weighted by atomic mass is 14.5. The molecule has 4 heteroatoms. The second kappa shape index (κ2) is 5.67. The highest BCUT2D eigenvalue weighted by Crippen LogP contribution is 2.40. The molecule has 0 amide bonds. The number of aryl methyl sites for hydroxylation is 3. The lowest BCUT2D eigenvalue weighted by molar-refractivity contribution is 1.16. The van der Waals surface area contributed by atoms with Gasteiger partial charge < -0.3 is 0 Å². The van der Waals surface area contributed by atoms with Gasteiger partial charge in [-0.2, -0.15) is 0 Å². The Morgan fingerprint density at radius 1 is 0.552 bits per heavy atom. The topological polar surface area (TPSA) is 95.4 Å². The number of hydrogen-bond acceptors (Lipinski definition) is 4. The van der Waals surface area contributed by atoms with E-state index in [-0.39, 0.29) is 21.4 Å². The first-order valence-corrected chi connectivity index (χ1v) is 9.56. The number of hydrogen-bond donors (Lipinski definition) is 4. The van der Waals surface area contributed by atoms with Crippen LogP contribution in [0.15, 0.2) is 42.5 Å². The first-order chi connectivity index (χ1) is 13.8. The molecule has 29 heavy (non-hydrogen) atoms. The Morgan fingerprint density at radius 2 is 1.07 bits per heavy atom. The Hall–Kier alpha value is -3.66. The molecule has 0 unspecified atom stereocenters. The molecule has 3 aromatic carbocycles. The van der Waals surface area contributed by atoms with E-state index in [4.69, 9.17) is 21.6 Å². The Labute approximate surface area is 167 Å². The summed E-state index contributed by atoms with van der Waals surface area (Å²) in [6.07, 6.45) is 0. The Morgan fingerprint density at radius 3 is 1.66 bits per heavy atom. The summed E-state index contributed by atoms with van der Waals surface area (Å²) in [5.41, 5.74) is 7.13. The molecular weight excluding hydrogens is 356 g/mol. The van der Waals surface area contributed by atoms with Crippen LogP contribution in [0.25, 0.3) is 43.8 Å². The maximum atomic E-state index is 8.84. The third-order valence-corrected chi connectivity index (χ3v) is 6.02. The fourth-order valence-electron chi connectivity index (χ4n) is 4.91. The van der Waals surface area contributed by atoms with Crippen LogP contribution in [0.1, 0.15) is 16.7 Å². The van der Waals surface area contributed by atoms with E-state index in [1.54, 1.807) is 0 Å². The van der Waals surface area contributed by atoms with Crippen molar-refractivity contribution in [3.05, 3.63) is 80.6 Å². The van der Waals surface area contributed by atoms with Crippen LogP contribution in [0, 0.1) is 42.4 Å². The zero-order valence-corrected chi connectivity index (χ0v) is 16.5. The number of benzene rings is 5. The molecule has 140 valence electrons. The summed E-state index contributed by atoms with van der Waals surface area (Å²) >= 11 is 0. The van der Waals surface area contributed by atoms with Crippen LogP contribution in [-0.4, -0.2) is 0 Å². The third-order valence-electron chi connectivity index (χ3n) is 6.02. The fraction of sp³-hybridized carbons (Fsp3) is 0.120. The van der Waals surface area contributed by atoms with Crippen LogP contribution < -0.4 is 21.4 Å². The van der Waals surface area contributed by atoms with E-state index in [1.807, 2.05) is 30.3 Å². The van der Waals surface area contributed by atoms with Crippen molar-refractivity contribution in [2.45, 2.75) is 20.8 Å². The highest BCUT2D eigenvalue weighted by Gasteiger charge is 2.23. The maximum Gasteiger partial charge on any atom is 0.0880 e. The molecule has 0 spiro atoms. The van der Waals surface area contributed by atoms with Crippen molar-refractivity contribution in [1.29, 1.82) is 21.6 Å². The van der Waals surface area contributed by atoms with Crippen LogP contribution in [-0.2, 0) is 0 Å². The summed E-state index contributed by atoms with van der Waals surface area (Å²) in [5, 5.41) is 38.0. The van der Waals surface area contributed by atoms with Gasteiger partial charge in [-0.1, -0.05) is 48.0 Å². The summed E-state index contributed by atoms with van der Waals surface area (Å²) in [6, 6.07) is 13.7. The molecule has 0 saturated carbocycles. The van der Waals surface area contributed by atoms with Crippen molar-refractivity contribution >= 4 is 21.5 Å². The minimum absolute atomic E-state index is 0.177. The van der Waals surface area contributed by atoms with Crippen molar-refractivity contribution in [2.24, 2.45) is 0 Å². The van der Waals surface area contributed by atoms with Crippen molar-refractivity contribution in [1.82, 2.24) is 0 Å². The Bertz CT molecular complexity index is 1630. The standard InChI is InChI=1S/C25H20N4/c1-11-9-12(2)18(13(3)10-11)14-7-8-17-20-19-15(22(26)23(17)27)5-4-6-16(19)24(28)25(29)21(14)20/h4-10,26-29H,1-3H3. The Kier molecular flexibility index (Phi) is 3.41. The lowest BCUT2D eigenvalue weighted by Gasteiger charge is -2.21. The van der Waals surface area contributed by atoms with E-state index in [0.29, 0.717) is 21.5 Å². The van der Waals surface area contributed by atoms with Gasteiger partial charge in [0.1, 0.15) is 0 Å². The number of nitrogens with one attached hydrogen (secondary N) is 4. The average Bonchev–Trinajstić information content (AvgIpc) is 2.68. The predicted molar refractivity (Wildman–Crippen MR) is 115 cm³/mol. The van der Waals surface area contributed by atoms with Gasteiger partial charge in [0.25, 0.3) is 0 Å².